The predicted octanol–water partition coefficient (Wildman–Crippen LogP) is 3.39. The zero-order valence-electron chi connectivity index (χ0n) is 17.5. The van der Waals surface area contributed by atoms with Gasteiger partial charge in [-0.3, -0.25) is 9.48 Å². The molecule has 1 aliphatic rings. The molecular formula is C22H27N5O3. The normalized spacial score (nSPS) is 18.3. The van der Waals surface area contributed by atoms with E-state index in [1.807, 2.05) is 25.2 Å². The number of nitrogens with zero attached hydrogens (tertiary/aromatic N) is 3. The Balaban J connectivity index is 1.48. The lowest BCUT2D eigenvalue weighted by molar-refractivity contribution is -0.0786. The summed E-state index contributed by atoms with van der Waals surface area (Å²) in [6.07, 6.45) is 3.49. The molecule has 1 atom stereocenters. The number of fused-ring (bicyclic) bond motifs is 1. The summed E-state index contributed by atoms with van der Waals surface area (Å²) in [5.41, 5.74) is 7.77. The topological polar surface area (TPSA) is 104 Å². The number of carbonyl (C=O) groups excluding carboxylic acids is 1. The van der Waals surface area contributed by atoms with Crippen LogP contribution in [0.15, 0.2) is 36.5 Å². The Morgan fingerprint density at radius 2 is 2.23 bits per heavy atom. The Morgan fingerprint density at radius 3 is 3.00 bits per heavy atom. The van der Waals surface area contributed by atoms with Gasteiger partial charge >= 0.3 is 0 Å². The van der Waals surface area contributed by atoms with E-state index in [0.717, 1.165) is 30.4 Å². The van der Waals surface area contributed by atoms with Crippen LogP contribution in [-0.2, 0) is 11.8 Å². The average molecular weight is 409 g/mol. The Hall–Kier alpha value is -3.13. The van der Waals surface area contributed by atoms with Crippen LogP contribution >= 0.6 is 0 Å². The van der Waals surface area contributed by atoms with Gasteiger partial charge in [-0.25, -0.2) is 4.98 Å². The van der Waals surface area contributed by atoms with Crippen LogP contribution in [-0.4, -0.2) is 39.5 Å². The summed E-state index contributed by atoms with van der Waals surface area (Å²) in [5.74, 6) is 0.685. The third-order valence-electron chi connectivity index (χ3n) is 5.38. The molecule has 30 heavy (non-hydrogen) atoms. The van der Waals surface area contributed by atoms with Crippen molar-refractivity contribution in [1.82, 2.24) is 14.8 Å². The predicted molar refractivity (Wildman–Crippen MR) is 116 cm³/mol. The van der Waals surface area contributed by atoms with E-state index >= 15 is 0 Å². The lowest BCUT2D eigenvalue weighted by atomic mass is 9.89. The van der Waals surface area contributed by atoms with Crippen molar-refractivity contribution in [3.8, 4) is 5.88 Å². The molecule has 0 radical (unpaired) electrons. The van der Waals surface area contributed by atoms with Gasteiger partial charge in [-0.2, -0.15) is 0 Å². The summed E-state index contributed by atoms with van der Waals surface area (Å²) >= 11 is 0. The fraction of sp³-hybridized carbons (Fsp3) is 0.409. The van der Waals surface area contributed by atoms with E-state index in [2.05, 4.69) is 29.2 Å². The average Bonchev–Trinajstić information content (AvgIpc) is 3.01. The number of aromatic nitrogens is 3. The molecule has 0 bridgehead atoms. The summed E-state index contributed by atoms with van der Waals surface area (Å²) in [6, 6.07) is 8.93. The molecule has 1 aromatic carbocycles. The smallest absolute Gasteiger partial charge is 0.276 e. The summed E-state index contributed by atoms with van der Waals surface area (Å²) in [7, 11) is 1.86. The van der Waals surface area contributed by atoms with Gasteiger partial charge in [0, 0.05) is 25.5 Å². The molecule has 0 aliphatic carbocycles. The molecule has 4 rings (SSSR count). The molecule has 1 amide bonds. The molecule has 2 aromatic heterocycles. The van der Waals surface area contributed by atoms with Gasteiger partial charge in [0.2, 0.25) is 5.88 Å². The van der Waals surface area contributed by atoms with E-state index in [1.165, 1.54) is 0 Å². The molecule has 3 N–H and O–H groups in total. The monoisotopic (exact) mass is 409 g/mol. The molecule has 158 valence electrons. The number of aryl methyl sites for hydroxylation is 1. The van der Waals surface area contributed by atoms with E-state index in [-0.39, 0.29) is 17.2 Å². The number of benzene rings is 1. The van der Waals surface area contributed by atoms with Gasteiger partial charge in [-0.1, -0.05) is 0 Å². The fourth-order valence-electron chi connectivity index (χ4n) is 3.90. The number of hydrogen-bond acceptors (Lipinski definition) is 6. The van der Waals surface area contributed by atoms with Crippen LogP contribution in [0.2, 0.25) is 0 Å². The maximum absolute atomic E-state index is 12.5. The second-order valence-corrected chi connectivity index (χ2v) is 8.33. The SMILES string of the molecule is Cn1nc(OCC2CCOC(C)(C)C2)c2ccc(NC(=O)c3ncccc3N)cc21. The van der Waals surface area contributed by atoms with Crippen LogP contribution in [0.5, 0.6) is 5.88 Å². The summed E-state index contributed by atoms with van der Waals surface area (Å²) in [6.45, 7) is 5.59. The highest BCUT2D eigenvalue weighted by Crippen LogP contribution is 2.31. The van der Waals surface area contributed by atoms with Crippen LogP contribution in [0.4, 0.5) is 11.4 Å². The molecular weight excluding hydrogens is 382 g/mol. The van der Waals surface area contributed by atoms with Crippen molar-refractivity contribution in [2.45, 2.75) is 32.3 Å². The first-order valence-corrected chi connectivity index (χ1v) is 10.1. The maximum atomic E-state index is 12.5. The fourth-order valence-corrected chi connectivity index (χ4v) is 3.90. The number of hydrogen-bond donors (Lipinski definition) is 2. The number of ether oxygens (including phenoxy) is 2. The van der Waals surface area contributed by atoms with Crippen molar-refractivity contribution in [3.63, 3.8) is 0 Å². The highest BCUT2D eigenvalue weighted by atomic mass is 16.5. The lowest BCUT2D eigenvalue weighted by Crippen LogP contribution is -2.36. The second kappa shape index (κ2) is 7.95. The lowest BCUT2D eigenvalue weighted by Gasteiger charge is -2.35. The highest BCUT2D eigenvalue weighted by molar-refractivity contribution is 6.06. The van der Waals surface area contributed by atoms with Crippen LogP contribution in [0.25, 0.3) is 10.9 Å². The maximum Gasteiger partial charge on any atom is 0.276 e. The molecule has 8 heteroatoms. The zero-order valence-corrected chi connectivity index (χ0v) is 17.5. The van der Waals surface area contributed by atoms with E-state index in [1.54, 1.807) is 23.0 Å². The minimum absolute atomic E-state index is 0.109. The van der Waals surface area contributed by atoms with Crippen molar-refractivity contribution in [3.05, 3.63) is 42.2 Å². The molecule has 1 fully saturated rings. The van der Waals surface area contributed by atoms with Gasteiger partial charge in [0.1, 0.15) is 0 Å². The molecule has 3 aromatic rings. The van der Waals surface area contributed by atoms with Crippen molar-refractivity contribution in [1.29, 1.82) is 0 Å². The standard InChI is InChI=1S/C22H27N5O3/c1-22(2)12-14(8-10-30-22)13-29-21-16-7-6-15(11-18(16)27(3)26-21)25-20(28)19-17(23)5-4-9-24-19/h4-7,9,11,14H,8,10,12-13,23H2,1-3H3,(H,25,28). The summed E-state index contributed by atoms with van der Waals surface area (Å²) < 4.78 is 13.6. The quantitative estimate of drug-likeness (QED) is 0.669. The number of anilines is 2. The number of amides is 1. The molecule has 1 unspecified atom stereocenters. The number of rotatable bonds is 5. The van der Waals surface area contributed by atoms with Crippen LogP contribution in [0.1, 0.15) is 37.2 Å². The van der Waals surface area contributed by atoms with E-state index in [9.17, 15) is 4.79 Å². The van der Waals surface area contributed by atoms with Gasteiger partial charge in [0.15, 0.2) is 5.69 Å². The Morgan fingerprint density at radius 1 is 1.40 bits per heavy atom. The van der Waals surface area contributed by atoms with Crippen molar-refractivity contribution >= 4 is 28.2 Å². The zero-order chi connectivity index (χ0) is 21.3. The van der Waals surface area contributed by atoms with E-state index < -0.39 is 0 Å². The first kappa shape index (κ1) is 20.2. The van der Waals surface area contributed by atoms with Gasteiger partial charge in [-0.05, 0) is 62.9 Å². The first-order valence-electron chi connectivity index (χ1n) is 10.1. The van der Waals surface area contributed by atoms with E-state index in [0.29, 0.717) is 29.8 Å². The Labute approximate surface area is 175 Å². The number of nitrogens with one attached hydrogen (secondary N) is 1. The highest BCUT2D eigenvalue weighted by Gasteiger charge is 2.29. The van der Waals surface area contributed by atoms with Gasteiger partial charge in [0.05, 0.1) is 28.8 Å². The second-order valence-electron chi connectivity index (χ2n) is 8.33. The Kier molecular flexibility index (Phi) is 5.34. The van der Waals surface area contributed by atoms with Gasteiger partial charge in [0.25, 0.3) is 5.91 Å². The molecule has 0 spiro atoms. The van der Waals surface area contributed by atoms with Gasteiger partial charge < -0.3 is 20.5 Å². The van der Waals surface area contributed by atoms with Crippen molar-refractivity contribution < 1.29 is 14.3 Å². The number of pyridine rings is 1. The van der Waals surface area contributed by atoms with E-state index in [4.69, 9.17) is 15.2 Å². The van der Waals surface area contributed by atoms with Gasteiger partial charge in [-0.15, -0.1) is 5.10 Å². The number of carbonyl (C=O) groups is 1. The largest absolute Gasteiger partial charge is 0.476 e. The molecule has 3 heterocycles. The Bertz CT molecular complexity index is 1080. The minimum Gasteiger partial charge on any atom is -0.476 e. The molecule has 1 aliphatic heterocycles. The minimum atomic E-state index is -0.353. The molecule has 0 saturated carbocycles. The molecule has 1 saturated heterocycles. The van der Waals surface area contributed by atoms with Crippen molar-refractivity contribution in [2.75, 3.05) is 24.3 Å². The third kappa shape index (κ3) is 4.23. The summed E-state index contributed by atoms with van der Waals surface area (Å²) in [4.78, 5) is 16.5. The molecule has 8 nitrogen and oxygen atoms in total. The van der Waals surface area contributed by atoms with Crippen LogP contribution in [0.3, 0.4) is 0 Å². The first-order chi connectivity index (χ1) is 14.3. The summed E-state index contributed by atoms with van der Waals surface area (Å²) in [5, 5.41) is 8.27. The van der Waals surface area contributed by atoms with Crippen LogP contribution in [0, 0.1) is 5.92 Å². The van der Waals surface area contributed by atoms with Crippen molar-refractivity contribution in [2.24, 2.45) is 13.0 Å². The number of nitrogens with two attached hydrogens (primary N) is 1. The third-order valence-corrected chi connectivity index (χ3v) is 5.38. The van der Waals surface area contributed by atoms with Crippen LogP contribution < -0.4 is 15.8 Å². The number of nitrogen functional groups attached to an aromatic ring is 1.